The van der Waals surface area contributed by atoms with E-state index < -0.39 is 0 Å². The number of carbonyl (C=O) groups excluding carboxylic acids is 1. The van der Waals surface area contributed by atoms with Crippen molar-refractivity contribution < 1.29 is 9.18 Å². The van der Waals surface area contributed by atoms with Crippen molar-refractivity contribution in [3.8, 4) is 6.07 Å². The summed E-state index contributed by atoms with van der Waals surface area (Å²) >= 11 is 0. The monoisotopic (exact) mass is 311 g/mol. The molecule has 0 heterocycles. The third-order valence-corrected chi connectivity index (χ3v) is 3.57. The molecule has 0 aliphatic heterocycles. The van der Waals surface area contributed by atoms with Crippen LogP contribution in [0.3, 0.4) is 0 Å². The Morgan fingerprint density at radius 3 is 2.65 bits per heavy atom. The van der Waals surface area contributed by atoms with Gasteiger partial charge in [-0.15, -0.1) is 0 Å². The van der Waals surface area contributed by atoms with E-state index in [2.05, 4.69) is 5.32 Å². The Balaban J connectivity index is 2.10. The molecule has 2 aromatic rings. The number of rotatable bonds is 5. The lowest BCUT2D eigenvalue weighted by molar-refractivity contribution is 0.0942. The summed E-state index contributed by atoms with van der Waals surface area (Å²) in [6, 6.07) is 14.7. The Labute approximate surface area is 135 Å². The second-order valence-electron chi connectivity index (χ2n) is 5.44. The maximum atomic E-state index is 13.4. The van der Waals surface area contributed by atoms with Crippen LogP contribution in [0, 0.1) is 17.1 Å². The van der Waals surface area contributed by atoms with Gasteiger partial charge in [0.2, 0.25) is 0 Å². The highest BCUT2D eigenvalue weighted by molar-refractivity contribution is 5.94. The third kappa shape index (κ3) is 4.38. The van der Waals surface area contributed by atoms with Crippen LogP contribution in [0.15, 0.2) is 48.5 Å². The molecule has 2 rings (SSSR count). The van der Waals surface area contributed by atoms with Crippen molar-refractivity contribution in [3.05, 3.63) is 71.0 Å². The number of nitriles is 1. The van der Waals surface area contributed by atoms with Gasteiger partial charge in [0.1, 0.15) is 5.82 Å². The number of nitrogens with one attached hydrogen (secondary N) is 1. The molecule has 0 bridgehead atoms. The lowest BCUT2D eigenvalue weighted by atomic mass is 10.1. The van der Waals surface area contributed by atoms with Gasteiger partial charge in [-0.3, -0.25) is 4.79 Å². The molecule has 0 radical (unpaired) electrons. The zero-order chi connectivity index (χ0) is 16.8. The van der Waals surface area contributed by atoms with E-state index in [-0.39, 0.29) is 17.8 Å². The molecule has 1 N–H and O–H groups in total. The van der Waals surface area contributed by atoms with E-state index in [1.807, 2.05) is 31.1 Å². The molecule has 0 aromatic heterocycles. The van der Waals surface area contributed by atoms with E-state index in [4.69, 9.17) is 5.26 Å². The summed E-state index contributed by atoms with van der Waals surface area (Å²) in [4.78, 5) is 14.1. The van der Waals surface area contributed by atoms with E-state index in [1.54, 1.807) is 30.3 Å². The Morgan fingerprint density at radius 1 is 1.26 bits per heavy atom. The number of hydrogen-bond acceptors (Lipinski definition) is 3. The second-order valence-corrected chi connectivity index (χ2v) is 5.44. The molecule has 5 heteroatoms. The van der Waals surface area contributed by atoms with E-state index in [0.717, 1.165) is 5.56 Å². The topological polar surface area (TPSA) is 56.1 Å². The Morgan fingerprint density at radius 2 is 2.00 bits per heavy atom. The van der Waals surface area contributed by atoms with Crippen LogP contribution >= 0.6 is 0 Å². The number of hydrogen-bond donors (Lipinski definition) is 1. The summed E-state index contributed by atoms with van der Waals surface area (Å²) in [5.74, 6) is -0.562. The van der Waals surface area contributed by atoms with Gasteiger partial charge in [-0.2, -0.15) is 5.26 Å². The summed E-state index contributed by atoms with van der Waals surface area (Å²) in [6.45, 7) is 0.339. The number of halogens is 1. The SMILES string of the molecule is CN(C)C(CNC(=O)c1cccc(C#N)c1)c1cccc(F)c1. The van der Waals surface area contributed by atoms with Crippen molar-refractivity contribution in [2.24, 2.45) is 0 Å². The average molecular weight is 311 g/mol. The van der Waals surface area contributed by atoms with Crippen molar-refractivity contribution in [3.63, 3.8) is 0 Å². The first-order valence-electron chi connectivity index (χ1n) is 7.21. The largest absolute Gasteiger partial charge is 0.350 e. The summed E-state index contributed by atoms with van der Waals surface area (Å²) < 4.78 is 13.4. The molecule has 0 saturated carbocycles. The summed E-state index contributed by atoms with van der Waals surface area (Å²) in [5.41, 5.74) is 1.66. The van der Waals surface area contributed by atoms with Gasteiger partial charge < -0.3 is 10.2 Å². The molecule has 0 aliphatic rings. The minimum Gasteiger partial charge on any atom is -0.350 e. The predicted molar refractivity (Wildman–Crippen MR) is 86.3 cm³/mol. The normalized spacial score (nSPS) is 11.8. The minimum absolute atomic E-state index is 0.145. The van der Waals surface area contributed by atoms with Gasteiger partial charge in [-0.25, -0.2) is 4.39 Å². The van der Waals surface area contributed by atoms with Crippen LogP contribution in [0.4, 0.5) is 4.39 Å². The average Bonchev–Trinajstić information content (AvgIpc) is 2.54. The smallest absolute Gasteiger partial charge is 0.251 e. The van der Waals surface area contributed by atoms with Gasteiger partial charge >= 0.3 is 0 Å². The highest BCUT2D eigenvalue weighted by atomic mass is 19.1. The summed E-state index contributed by atoms with van der Waals surface area (Å²) in [6.07, 6.45) is 0. The maximum Gasteiger partial charge on any atom is 0.251 e. The highest BCUT2D eigenvalue weighted by Crippen LogP contribution is 2.18. The first-order valence-corrected chi connectivity index (χ1v) is 7.21. The number of nitrogens with zero attached hydrogens (tertiary/aromatic N) is 2. The van der Waals surface area contributed by atoms with Crippen molar-refractivity contribution in [2.45, 2.75) is 6.04 Å². The highest BCUT2D eigenvalue weighted by Gasteiger charge is 2.16. The number of likely N-dealkylation sites (N-methyl/N-ethyl adjacent to an activating group) is 1. The van der Waals surface area contributed by atoms with E-state index >= 15 is 0 Å². The Bertz CT molecular complexity index is 737. The molecule has 1 amide bonds. The lowest BCUT2D eigenvalue weighted by Gasteiger charge is -2.25. The molecule has 1 atom stereocenters. The first-order chi connectivity index (χ1) is 11.0. The molecule has 2 aromatic carbocycles. The van der Waals surface area contributed by atoms with Crippen molar-refractivity contribution in [2.75, 3.05) is 20.6 Å². The van der Waals surface area contributed by atoms with Gasteiger partial charge in [0.05, 0.1) is 17.7 Å². The van der Waals surface area contributed by atoms with Gasteiger partial charge in [0.25, 0.3) is 5.91 Å². The van der Waals surface area contributed by atoms with Crippen LogP contribution in [0.5, 0.6) is 0 Å². The molecule has 0 saturated heterocycles. The van der Waals surface area contributed by atoms with Crippen LogP contribution in [-0.4, -0.2) is 31.4 Å². The van der Waals surface area contributed by atoms with Crippen LogP contribution in [0.25, 0.3) is 0 Å². The zero-order valence-electron chi connectivity index (χ0n) is 13.1. The molecule has 23 heavy (non-hydrogen) atoms. The van der Waals surface area contributed by atoms with Crippen molar-refractivity contribution in [1.29, 1.82) is 5.26 Å². The summed E-state index contributed by atoms with van der Waals surface area (Å²) in [5, 5.41) is 11.7. The van der Waals surface area contributed by atoms with Crippen molar-refractivity contribution in [1.82, 2.24) is 10.2 Å². The van der Waals surface area contributed by atoms with Gasteiger partial charge in [0.15, 0.2) is 0 Å². The van der Waals surface area contributed by atoms with Gasteiger partial charge in [0, 0.05) is 12.1 Å². The van der Waals surface area contributed by atoms with Crippen LogP contribution in [0.1, 0.15) is 27.5 Å². The fourth-order valence-corrected chi connectivity index (χ4v) is 2.33. The van der Waals surface area contributed by atoms with Crippen LogP contribution in [0.2, 0.25) is 0 Å². The van der Waals surface area contributed by atoms with E-state index in [9.17, 15) is 9.18 Å². The minimum atomic E-state index is -0.303. The van der Waals surface area contributed by atoms with E-state index in [1.165, 1.54) is 12.1 Å². The fraction of sp³-hybridized carbons (Fsp3) is 0.222. The predicted octanol–water partition coefficient (Wildman–Crippen LogP) is 2.73. The second kappa shape index (κ2) is 7.52. The number of amides is 1. The Kier molecular flexibility index (Phi) is 5.45. The van der Waals surface area contributed by atoms with Gasteiger partial charge in [-0.05, 0) is 50.0 Å². The lowest BCUT2D eigenvalue weighted by Crippen LogP contribution is -2.34. The van der Waals surface area contributed by atoms with Gasteiger partial charge in [-0.1, -0.05) is 18.2 Å². The van der Waals surface area contributed by atoms with E-state index in [0.29, 0.717) is 17.7 Å². The zero-order valence-corrected chi connectivity index (χ0v) is 13.1. The fourth-order valence-electron chi connectivity index (χ4n) is 2.33. The third-order valence-electron chi connectivity index (χ3n) is 3.57. The molecular formula is C18H18FN3O. The van der Waals surface area contributed by atoms with Crippen LogP contribution < -0.4 is 5.32 Å². The number of benzene rings is 2. The quantitative estimate of drug-likeness (QED) is 0.923. The molecule has 0 aliphatic carbocycles. The molecule has 4 nitrogen and oxygen atoms in total. The summed E-state index contributed by atoms with van der Waals surface area (Å²) in [7, 11) is 3.75. The first kappa shape index (κ1) is 16.7. The molecule has 0 spiro atoms. The standard InChI is InChI=1S/C18H18FN3O/c1-22(2)17(14-6-4-8-16(19)10-14)12-21-18(23)15-7-3-5-13(9-15)11-20/h3-10,17H,12H2,1-2H3,(H,21,23). The number of carbonyl (C=O) groups is 1. The van der Waals surface area contributed by atoms with Crippen molar-refractivity contribution >= 4 is 5.91 Å². The molecular weight excluding hydrogens is 293 g/mol. The van der Waals surface area contributed by atoms with Crippen LogP contribution in [-0.2, 0) is 0 Å². The molecule has 0 fully saturated rings. The molecule has 1 unspecified atom stereocenters. The maximum absolute atomic E-state index is 13.4. The molecule has 118 valence electrons. The Hall–Kier alpha value is -2.71.